The van der Waals surface area contributed by atoms with Crippen LogP contribution in [0.15, 0.2) is 24.5 Å². The number of aryl methyl sites for hydroxylation is 4. The van der Waals surface area contributed by atoms with Crippen LogP contribution < -0.4 is 0 Å². The molecule has 0 aliphatic carbocycles. The van der Waals surface area contributed by atoms with Crippen molar-refractivity contribution in [3.8, 4) is 0 Å². The second-order valence-electron chi connectivity index (χ2n) is 10.2. The Kier molecular flexibility index (Phi) is 6.51. The van der Waals surface area contributed by atoms with E-state index in [1.54, 1.807) is 0 Å². The van der Waals surface area contributed by atoms with Gasteiger partial charge in [0, 0.05) is 36.3 Å². The fourth-order valence-electron chi connectivity index (χ4n) is 5.18. The van der Waals surface area contributed by atoms with Crippen LogP contribution in [0.4, 0.5) is 0 Å². The molecule has 6 nitrogen and oxygen atoms in total. The van der Waals surface area contributed by atoms with E-state index in [4.69, 9.17) is 19.9 Å². The van der Waals surface area contributed by atoms with Crippen LogP contribution in [0.3, 0.4) is 0 Å². The first-order valence-corrected chi connectivity index (χ1v) is 12.7. The largest absolute Gasteiger partial charge is 0.295 e. The van der Waals surface area contributed by atoms with Gasteiger partial charge in [0.1, 0.15) is 11.6 Å². The van der Waals surface area contributed by atoms with Gasteiger partial charge in [0.05, 0.1) is 24.1 Å². The van der Waals surface area contributed by atoms with E-state index in [-0.39, 0.29) is 0 Å². The first-order chi connectivity index (χ1) is 16.8. The Hall–Kier alpha value is -2.96. The average molecular weight is 469 g/mol. The van der Waals surface area contributed by atoms with Crippen molar-refractivity contribution in [1.29, 1.82) is 0 Å². The van der Waals surface area contributed by atoms with Crippen molar-refractivity contribution >= 4 is 21.8 Å². The molecule has 35 heavy (non-hydrogen) atoms. The third-order valence-corrected chi connectivity index (χ3v) is 7.97. The summed E-state index contributed by atoms with van der Waals surface area (Å²) in [4.78, 5) is 24.2. The minimum Gasteiger partial charge on any atom is -0.295 e. The van der Waals surface area contributed by atoms with E-state index in [0.29, 0.717) is 0 Å². The summed E-state index contributed by atoms with van der Waals surface area (Å²) in [5.41, 5.74) is 9.93. The molecule has 0 saturated carbocycles. The predicted molar refractivity (Wildman–Crippen MR) is 143 cm³/mol. The molecular formula is C29H36N6. The van der Waals surface area contributed by atoms with Crippen LogP contribution in [0.5, 0.6) is 0 Å². The molecule has 0 N–H and O–H groups in total. The molecule has 5 rings (SSSR count). The van der Waals surface area contributed by atoms with Gasteiger partial charge in [-0.15, -0.1) is 0 Å². The Labute approximate surface area is 208 Å². The third-order valence-electron chi connectivity index (χ3n) is 7.97. The quantitative estimate of drug-likeness (QED) is 0.414. The van der Waals surface area contributed by atoms with Gasteiger partial charge in [-0.2, -0.15) is 0 Å². The van der Waals surface area contributed by atoms with Crippen LogP contribution in [-0.2, 0) is 13.1 Å². The number of aromatic nitrogens is 4. The lowest BCUT2D eigenvalue weighted by Crippen LogP contribution is -2.31. The highest BCUT2D eigenvalue weighted by atomic mass is 15.2. The highest BCUT2D eigenvalue weighted by molar-refractivity contribution is 5.84. The molecule has 1 aliphatic heterocycles. The van der Waals surface area contributed by atoms with Gasteiger partial charge in [-0.25, -0.2) is 19.9 Å². The van der Waals surface area contributed by atoms with E-state index in [9.17, 15) is 0 Å². The van der Waals surface area contributed by atoms with Crippen molar-refractivity contribution in [3.63, 3.8) is 0 Å². The van der Waals surface area contributed by atoms with Crippen LogP contribution in [0.25, 0.3) is 21.8 Å². The average Bonchev–Trinajstić information content (AvgIpc) is 3.06. The maximum absolute atomic E-state index is 4.91. The standard InChI is InChI=1S/C29H36N6/c1-18-12-26-24(22(5)20(18)3)14-30-28(32-26)16-34-8-7-9-35(11-10-34)17-29-31-15-25-23(6)21(4)19(2)13-27(25)33-29/h12-15H,7-11,16-17H2,1-6H3. The zero-order valence-electron chi connectivity index (χ0n) is 21.9. The molecule has 0 spiro atoms. The smallest absolute Gasteiger partial charge is 0.142 e. The number of rotatable bonds is 4. The van der Waals surface area contributed by atoms with E-state index in [1.807, 2.05) is 12.4 Å². The van der Waals surface area contributed by atoms with Crippen LogP contribution in [0, 0.1) is 41.5 Å². The number of nitrogens with zero attached hydrogens (tertiary/aromatic N) is 6. The van der Waals surface area contributed by atoms with E-state index in [2.05, 4.69) is 63.5 Å². The molecule has 1 fully saturated rings. The summed E-state index contributed by atoms with van der Waals surface area (Å²) in [6.45, 7) is 18.7. The molecular weight excluding hydrogens is 432 g/mol. The summed E-state index contributed by atoms with van der Waals surface area (Å²) in [6.07, 6.45) is 5.13. The summed E-state index contributed by atoms with van der Waals surface area (Å²) in [5.74, 6) is 1.82. The summed E-state index contributed by atoms with van der Waals surface area (Å²) >= 11 is 0. The van der Waals surface area contributed by atoms with Gasteiger partial charge in [-0.1, -0.05) is 0 Å². The number of hydrogen-bond acceptors (Lipinski definition) is 6. The number of hydrogen-bond donors (Lipinski definition) is 0. The molecule has 2 aromatic heterocycles. The van der Waals surface area contributed by atoms with Gasteiger partial charge in [-0.05, 0) is 107 Å². The zero-order valence-corrected chi connectivity index (χ0v) is 21.9. The van der Waals surface area contributed by atoms with Crippen molar-refractivity contribution in [3.05, 3.63) is 69.6 Å². The molecule has 6 heteroatoms. The normalized spacial score (nSPS) is 15.7. The Balaban J connectivity index is 1.26. The molecule has 182 valence electrons. The lowest BCUT2D eigenvalue weighted by atomic mass is 10.0. The van der Waals surface area contributed by atoms with Crippen LogP contribution in [0.1, 0.15) is 51.5 Å². The van der Waals surface area contributed by atoms with Crippen molar-refractivity contribution in [2.45, 2.75) is 61.1 Å². The second-order valence-corrected chi connectivity index (χ2v) is 10.2. The fraction of sp³-hybridized carbons (Fsp3) is 0.448. The Bertz CT molecular complexity index is 1300. The molecule has 0 amide bonds. The first-order valence-electron chi connectivity index (χ1n) is 12.7. The van der Waals surface area contributed by atoms with Gasteiger partial charge < -0.3 is 0 Å². The van der Waals surface area contributed by atoms with Crippen molar-refractivity contribution in [2.24, 2.45) is 0 Å². The van der Waals surface area contributed by atoms with Gasteiger partial charge in [-0.3, -0.25) is 9.80 Å². The maximum atomic E-state index is 4.91. The second kappa shape index (κ2) is 9.59. The molecule has 3 heterocycles. The molecule has 0 bridgehead atoms. The monoisotopic (exact) mass is 468 g/mol. The fourth-order valence-corrected chi connectivity index (χ4v) is 5.18. The Morgan fingerprint density at radius 3 is 1.46 bits per heavy atom. The van der Waals surface area contributed by atoms with Crippen molar-refractivity contribution in [2.75, 3.05) is 26.2 Å². The minimum absolute atomic E-state index is 0.792. The van der Waals surface area contributed by atoms with Crippen molar-refractivity contribution < 1.29 is 0 Å². The SMILES string of the molecule is Cc1cc2nc(CN3CCCN(Cc4ncc5c(C)c(C)c(C)cc5n4)CC3)ncc2c(C)c1C. The van der Waals surface area contributed by atoms with Crippen molar-refractivity contribution in [1.82, 2.24) is 29.7 Å². The molecule has 0 unspecified atom stereocenters. The zero-order chi connectivity index (χ0) is 24.7. The predicted octanol–water partition coefficient (Wildman–Crippen LogP) is 5.13. The number of fused-ring (bicyclic) bond motifs is 2. The van der Waals surface area contributed by atoms with Crippen LogP contribution >= 0.6 is 0 Å². The molecule has 2 aromatic carbocycles. The summed E-state index contributed by atoms with van der Waals surface area (Å²) in [7, 11) is 0. The van der Waals surface area contributed by atoms with E-state index in [0.717, 1.165) is 79.1 Å². The van der Waals surface area contributed by atoms with E-state index < -0.39 is 0 Å². The van der Waals surface area contributed by atoms with Crippen LogP contribution in [0.2, 0.25) is 0 Å². The first kappa shape index (κ1) is 23.8. The van der Waals surface area contributed by atoms with E-state index in [1.165, 1.54) is 33.4 Å². The molecule has 1 saturated heterocycles. The van der Waals surface area contributed by atoms with E-state index >= 15 is 0 Å². The highest BCUT2D eigenvalue weighted by Gasteiger charge is 2.18. The van der Waals surface area contributed by atoms with Gasteiger partial charge >= 0.3 is 0 Å². The Morgan fingerprint density at radius 2 is 1.03 bits per heavy atom. The Morgan fingerprint density at radius 1 is 0.600 bits per heavy atom. The van der Waals surface area contributed by atoms with Crippen LogP contribution in [-0.4, -0.2) is 55.9 Å². The molecule has 0 atom stereocenters. The third kappa shape index (κ3) is 4.78. The topological polar surface area (TPSA) is 58.0 Å². The van der Waals surface area contributed by atoms with Gasteiger partial charge in [0.2, 0.25) is 0 Å². The summed E-state index contributed by atoms with van der Waals surface area (Å²) in [6, 6.07) is 4.39. The minimum atomic E-state index is 0.792. The number of benzene rings is 2. The molecule has 1 aliphatic rings. The van der Waals surface area contributed by atoms with Gasteiger partial charge in [0.15, 0.2) is 0 Å². The highest BCUT2D eigenvalue weighted by Crippen LogP contribution is 2.24. The lowest BCUT2D eigenvalue weighted by Gasteiger charge is -2.21. The maximum Gasteiger partial charge on any atom is 0.142 e. The molecule has 0 radical (unpaired) electrons. The van der Waals surface area contributed by atoms with Gasteiger partial charge in [0.25, 0.3) is 0 Å². The summed E-state index contributed by atoms with van der Waals surface area (Å²) < 4.78 is 0. The lowest BCUT2D eigenvalue weighted by molar-refractivity contribution is 0.241. The molecule has 4 aromatic rings. The summed E-state index contributed by atoms with van der Waals surface area (Å²) in [5, 5.41) is 2.32.